The van der Waals surface area contributed by atoms with E-state index in [1.165, 1.54) is 5.56 Å². The van der Waals surface area contributed by atoms with Crippen LogP contribution in [0, 0.1) is 12.8 Å². The molecule has 0 spiro atoms. The van der Waals surface area contributed by atoms with Gasteiger partial charge in [0.1, 0.15) is 0 Å². The Hall–Kier alpha value is -3.15. The molecule has 0 saturated carbocycles. The maximum Gasteiger partial charge on any atom is 0.291 e. The maximum atomic E-state index is 12.7. The molecule has 0 unspecified atom stereocenters. The molecule has 1 aromatic heterocycles. The van der Waals surface area contributed by atoms with Crippen LogP contribution in [0.4, 0.5) is 5.82 Å². The molecule has 144 valence electrons. The predicted octanol–water partition coefficient (Wildman–Crippen LogP) is 2.76. The smallest absolute Gasteiger partial charge is 0.291 e. The number of anilines is 1. The van der Waals surface area contributed by atoms with Gasteiger partial charge in [-0.05, 0) is 43.0 Å². The number of H-pyrrole nitrogens is 1. The zero-order valence-electron chi connectivity index (χ0n) is 15.9. The lowest BCUT2D eigenvalue weighted by Gasteiger charge is -2.32. The molecule has 3 aromatic rings. The molecular weight excluding hydrogens is 352 g/mol. The van der Waals surface area contributed by atoms with Gasteiger partial charge in [-0.2, -0.15) is 0 Å². The number of amides is 1. The van der Waals surface area contributed by atoms with E-state index in [-0.39, 0.29) is 17.4 Å². The van der Waals surface area contributed by atoms with E-state index in [9.17, 15) is 9.59 Å². The van der Waals surface area contributed by atoms with Crippen molar-refractivity contribution in [2.45, 2.75) is 26.3 Å². The van der Waals surface area contributed by atoms with Gasteiger partial charge in [-0.15, -0.1) is 0 Å². The van der Waals surface area contributed by atoms with Crippen molar-refractivity contribution in [1.29, 1.82) is 0 Å². The zero-order valence-corrected chi connectivity index (χ0v) is 15.9. The van der Waals surface area contributed by atoms with Crippen LogP contribution in [-0.2, 0) is 11.3 Å². The quantitative estimate of drug-likeness (QED) is 0.734. The molecule has 28 heavy (non-hydrogen) atoms. The van der Waals surface area contributed by atoms with Crippen LogP contribution in [0.3, 0.4) is 0 Å². The van der Waals surface area contributed by atoms with Gasteiger partial charge in [0.2, 0.25) is 5.91 Å². The van der Waals surface area contributed by atoms with Gasteiger partial charge in [0.15, 0.2) is 5.82 Å². The Bertz CT molecular complexity index is 1060. The third kappa shape index (κ3) is 3.76. The van der Waals surface area contributed by atoms with Crippen molar-refractivity contribution in [2.24, 2.45) is 5.92 Å². The van der Waals surface area contributed by atoms with Crippen molar-refractivity contribution < 1.29 is 4.79 Å². The molecular formula is C22H24N4O2. The van der Waals surface area contributed by atoms with Gasteiger partial charge in [0, 0.05) is 19.6 Å². The first-order chi connectivity index (χ1) is 13.6. The molecule has 0 radical (unpaired) electrons. The summed E-state index contributed by atoms with van der Waals surface area (Å²) in [6, 6.07) is 15.5. The van der Waals surface area contributed by atoms with Crippen molar-refractivity contribution in [1.82, 2.24) is 15.3 Å². The van der Waals surface area contributed by atoms with E-state index in [4.69, 9.17) is 0 Å². The SMILES string of the molecule is Cc1ccccc1CNC(=O)[C@H]1CCCN(c2nc3ccccc3[nH]c2=O)C1. The average Bonchev–Trinajstić information content (AvgIpc) is 2.72. The second kappa shape index (κ2) is 7.84. The number of para-hydroxylation sites is 2. The number of piperidine rings is 1. The topological polar surface area (TPSA) is 78.1 Å². The lowest BCUT2D eigenvalue weighted by atomic mass is 9.97. The number of hydrogen-bond acceptors (Lipinski definition) is 4. The molecule has 1 atom stereocenters. The van der Waals surface area contributed by atoms with Crippen LogP contribution in [-0.4, -0.2) is 29.0 Å². The van der Waals surface area contributed by atoms with Gasteiger partial charge in [0.25, 0.3) is 5.56 Å². The highest BCUT2D eigenvalue weighted by Crippen LogP contribution is 2.21. The standard InChI is InChI=1S/C22H24N4O2/c1-15-7-2-3-8-16(15)13-23-21(27)17-9-6-12-26(14-17)20-22(28)25-19-11-5-4-10-18(19)24-20/h2-5,7-8,10-11,17H,6,9,12-14H2,1H3,(H,23,27)(H,25,28)/t17-/m0/s1. The number of aromatic nitrogens is 2. The Morgan fingerprint density at radius 3 is 2.86 bits per heavy atom. The Balaban J connectivity index is 1.47. The number of nitrogens with one attached hydrogen (secondary N) is 2. The van der Waals surface area contributed by atoms with E-state index < -0.39 is 0 Å². The third-order valence-electron chi connectivity index (χ3n) is 5.39. The summed E-state index contributed by atoms with van der Waals surface area (Å²) in [5, 5.41) is 3.05. The minimum Gasteiger partial charge on any atom is -0.352 e. The fourth-order valence-corrected chi connectivity index (χ4v) is 3.75. The fourth-order valence-electron chi connectivity index (χ4n) is 3.75. The Morgan fingerprint density at radius 2 is 2.00 bits per heavy atom. The van der Waals surface area contributed by atoms with Crippen molar-refractivity contribution in [2.75, 3.05) is 18.0 Å². The fraction of sp³-hybridized carbons (Fsp3) is 0.318. The van der Waals surface area contributed by atoms with Crippen molar-refractivity contribution in [3.8, 4) is 0 Å². The summed E-state index contributed by atoms with van der Waals surface area (Å²) in [5.74, 6) is 0.283. The van der Waals surface area contributed by atoms with Crippen molar-refractivity contribution >= 4 is 22.8 Å². The van der Waals surface area contributed by atoms with Crippen LogP contribution in [0.2, 0.25) is 0 Å². The monoisotopic (exact) mass is 376 g/mol. The molecule has 1 aliphatic rings. The molecule has 6 heteroatoms. The number of nitrogens with zero attached hydrogens (tertiary/aromatic N) is 2. The Labute approximate surface area is 163 Å². The van der Waals surface area contributed by atoms with E-state index >= 15 is 0 Å². The molecule has 2 aromatic carbocycles. The third-order valence-corrected chi connectivity index (χ3v) is 5.39. The molecule has 0 bridgehead atoms. The van der Waals surface area contributed by atoms with Gasteiger partial charge in [-0.25, -0.2) is 4.98 Å². The van der Waals surface area contributed by atoms with Crippen LogP contribution in [0.5, 0.6) is 0 Å². The molecule has 6 nitrogen and oxygen atoms in total. The van der Waals surface area contributed by atoms with Gasteiger partial charge in [-0.3, -0.25) is 9.59 Å². The van der Waals surface area contributed by atoms with Crippen LogP contribution < -0.4 is 15.8 Å². The van der Waals surface area contributed by atoms with E-state index in [1.807, 2.05) is 60.4 Å². The molecule has 2 heterocycles. The van der Waals surface area contributed by atoms with Gasteiger partial charge >= 0.3 is 0 Å². The summed E-state index contributed by atoms with van der Waals surface area (Å²) in [4.78, 5) is 34.6. The molecule has 2 N–H and O–H groups in total. The van der Waals surface area contributed by atoms with Gasteiger partial charge in [-0.1, -0.05) is 36.4 Å². The average molecular weight is 376 g/mol. The number of aryl methyl sites for hydroxylation is 1. The maximum absolute atomic E-state index is 12.7. The highest BCUT2D eigenvalue weighted by Gasteiger charge is 2.27. The molecule has 1 fully saturated rings. The first-order valence-corrected chi connectivity index (χ1v) is 9.68. The number of benzene rings is 2. The molecule has 1 saturated heterocycles. The zero-order chi connectivity index (χ0) is 19.5. The van der Waals surface area contributed by atoms with Crippen molar-refractivity contribution in [3.05, 3.63) is 70.0 Å². The first kappa shape index (κ1) is 18.2. The number of fused-ring (bicyclic) bond motifs is 1. The Morgan fingerprint density at radius 1 is 1.21 bits per heavy atom. The molecule has 1 amide bonds. The normalized spacial score (nSPS) is 16.9. The second-order valence-electron chi connectivity index (χ2n) is 7.34. The summed E-state index contributed by atoms with van der Waals surface area (Å²) < 4.78 is 0. The minimum atomic E-state index is -0.209. The van der Waals surface area contributed by atoms with Crippen LogP contribution in [0.1, 0.15) is 24.0 Å². The lowest BCUT2D eigenvalue weighted by Crippen LogP contribution is -2.44. The summed E-state index contributed by atoms with van der Waals surface area (Å²) in [6.07, 6.45) is 1.68. The number of rotatable bonds is 4. The second-order valence-corrected chi connectivity index (χ2v) is 7.34. The van der Waals surface area contributed by atoms with E-state index in [0.717, 1.165) is 36.0 Å². The summed E-state index contributed by atoms with van der Waals surface area (Å²) in [5.41, 5.74) is 3.56. The van der Waals surface area contributed by atoms with E-state index in [1.54, 1.807) is 0 Å². The van der Waals surface area contributed by atoms with Crippen LogP contribution in [0.15, 0.2) is 53.3 Å². The van der Waals surface area contributed by atoms with Gasteiger partial charge < -0.3 is 15.2 Å². The number of hydrogen-bond donors (Lipinski definition) is 2. The number of carbonyl (C=O) groups is 1. The summed E-state index contributed by atoms with van der Waals surface area (Å²) >= 11 is 0. The highest BCUT2D eigenvalue weighted by atomic mass is 16.2. The Kier molecular flexibility index (Phi) is 5.10. The largest absolute Gasteiger partial charge is 0.352 e. The molecule has 4 rings (SSSR count). The first-order valence-electron chi connectivity index (χ1n) is 9.68. The van der Waals surface area contributed by atoms with E-state index in [0.29, 0.717) is 18.9 Å². The number of aromatic amines is 1. The summed E-state index contributed by atoms with van der Waals surface area (Å²) in [7, 11) is 0. The van der Waals surface area contributed by atoms with E-state index in [2.05, 4.69) is 15.3 Å². The van der Waals surface area contributed by atoms with Crippen molar-refractivity contribution in [3.63, 3.8) is 0 Å². The lowest BCUT2D eigenvalue weighted by molar-refractivity contribution is -0.125. The predicted molar refractivity (Wildman–Crippen MR) is 110 cm³/mol. The van der Waals surface area contributed by atoms with Crippen LogP contribution in [0.25, 0.3) is 11.0 Å². The van der Waals surface area contributed by atoms with Crippen LogP contribution >= 0.6 is 0 Å². The highest BCUT2D eigenvalue weighted by molar-refractivity contribution is 5.80. The molecule has 0 aliphatic carbocycles. The minimum absolute atomic E-state index is 0.0326. The number of carbonyl (C=O) groups excluding carboxylic acids is 1. The van der Waals surface area contributed by atoms with Gasteiger partial charge in [0.05, 0.1) is 17.0 Å². The summed E-state index contributed by atoms with van der Waals surface area (Å²) in [6.45, 7) is 3.81. The molecule has 1 aliphatic heterocycles.